The zero-order valence-corrected chi connectivity index (χ0v) is 16.7. The van der Waals surface area contributed by atoms with Gasteiger partial charge in [-0.05, 0) is 30.3 Å². The number of halogens is 10. The van der Waals surface area contributed by atoms with E-state index in [2.05, 4.69) is 0 Å². The van der Waals surface area contributed by atoms with Crippen LogP contribution in [0.15, 0.2) is 41.3 Å². The third-order valence-electron chi connectivity index (χ3n) is 3.94. The van der Waals surface area contributed by atoms with Gasteiger partial charge in [0.1, 0.15) is 11.6 Å². The van der Waals surface area contributed by atoms with Crippen molar-refractivity contribution in [3.05, 3.63) is 58.6 Å². The number of hydrogen-bond donors (Lipinski definition) is 2. The lowest BCUT2D eigenvalue weighted by Gasteiger charge is -2.39. The Morgan fingerprint density at radius 2 is 1.53 bits per heavy atom. The first-order valence-corrected chi connectivity index (χ1v) is 10.2. The summed E-state index contributed by atoms with van der Waals surface area (Å²) in [5.74, 6) is -13.4. The zero-order chi connectivity index (χ0) is 24.4. The average Bonchev–Trinajstić information content (AvgIpc) is 2.62. The van der Waals surface area contributed by atoms with Gasteiger partial charge in [0.15, 0.2) is 0 Å². The van der Waals surface area contributed by atoms with E-state index in [4.69, 9.17) is 11.6 Å². The van der Waals surface area contributed by atoms with Gasteiger partial charge in [-0.1, -0.05) is 17.7 Å². The van der Waals surface area contributed by atoms with Gasteiger partial charge in [0.25, 0.3) is 17.4 Å². The lowest BCUT2D eigenvalue weighted by atomic mass is 10.2. The highest BCUT2D eigenvalue weighted by molar-refractivity contribution is 8.34. The van der Waals surface area contributed by atoms with Gasteiger partial charge < -0.3 is 5.32 Å². The van der Waals surface area contributed by atoms with Crippen LogP contribution in [0.1, 0.15) is 10.4 Å². The first kappa shape index (κ1) is 25.6. The highest BCUT2D eigenvalue weighted by Crippen LogP contribution is 2.74. The van der Waals surface area contributed by atoms with Gasteiger partial charge in [0.2, 0.25) is 0 Å². The number of amides is 3. The van der Waals surface area contributed by atoms with E-state index in [1.54, 1.807) is 10.6 Å². The van der Waals surface area contributed by atoms with Crippen molar-refractivity contribution in [2.24, 2.45) is 0 Å². The minimum Gasteiger partial charge on any atom is -0.305 e. The van der Waals surface area contributed by atoms with Crippen LogP contribution in [0.3, 0.4) is 0 Å². The monoisotopic (exact) mass is 512 g/mol. The molecule has 0 heterocycles. The molecule has 2 rings (SSSR count). The van der Waals surface area contributed by atoms with Crippen molar-refractivity contribution in [1.82, 2.24) is 5.32 Å². The van der Waals surface area contributed by atoms with E-state index < -0.39 is 66.8 Å². The van der Waals surface area contributed by atoms with Crippen molar-refractivity contribution in [2.45, 2.75) is 21.9 Å². The van der Waals surface area contributed by atoms with Crippen molar-refractivity contribution in [3.8, 4) is 0 Å². The average molecular weight is 513 g/mol. The Labute approximate surface area is 180 Å². The number of anilines is 1. The maximum Gasteiger partial charge on any atom is 0.439 e. The fourth-order valence-corrected chi connectivity index (χ4v) is 4.54. The van der Waals surface area contributed by atoms with Crippen LogP contribution in [0, 0.1) is 11.6 Å². The lowest BCUT2D eigenvalue weighted by molar-refractivity contribution is -0.0476. The summed E-state index contributed by atoms with van der Waals surface area (Å²) >= 11 is 5.64. The molecule has 0 fully saturated rings. The summed E-state index contributed by atoms with van der Waals surface area (Å²) in [6.45, 7) is 0. The van der Waals surface area contributed by atoms with Crippen molar-refractivity contribution >= 4 is 39.3 Å². The molecule has 2 aromatic carbocycles. The van der Waals surface area contributed by atoms with Gasteiger partial charge in [-0.2, -0.15) is 30.7 Å². The summed E-state index contributed by atoms with van der Waals surface area (Å²) in [6.07, 6.45) is 0. The second-order valence-electron chi connectivity index (χ2n) is 5.82. The van der Waals surface area contributed by atoms with Gasteiger partial charge in [-0.15, -0.1) is 0 Å². The number of nitrogens with one attached hydrogen (secondary N) is 2. The van der Waals surface area contributed by atoms with Crippen LogP contribution in [0.2, 0.25) is 5.02 Å². The summed E-state index contributed by atoms with van der Waals surface area (Å²) in [5.41, 5.74) is -7.75. The fraction of sp³-hybridized carbons (Fsp3) is 0.176. The second-order valence-corrected chi connectivity index (χ2v) is 9.30. The molecular weight excluding hydrogens is 503 g/mol. The molecular formula is C17H10ClF9N2O2S. The molecule has 4 nitrogen and oxygen atoms in total. The van der Waals surface area contributed by atoms with E-state index in [0.29, 0.717) is 6.07 Å². The topological polar surface area (TPSA) is 58.2 Å². The highest BCUT2D eigenvalue weighted by atomic mass is 35.5. The van der Waals surface area contributed by atoms with E-state index in [-0.39, 0.29) is 17.2 Å². The van der Waals surface area contributed by atoms with Crippen LogP contribution in [0.4, 0.5) is 50.0 Å². The number of urea groups is 1. The predicted molar refractivity (Wildman–Crippen MR) is 98.2 cm³/mol. The zero-order valence-electron chi connectivity index (χ0n) is 15.1. The van der Waals surface area contributed by atoms with Gasteiger partial charge in [-0.25, -0.2) is 13.6 Å². The first-order valence-electron chi connectivity index (χ1n) is 8.03. The van der Waals surface area contributed by atoms with E-state index in [0.717, 1.165) is 18.2 Å². The van der Waals surface area contributed by atoms with Crippen LogP contribution >= 0.6 is 21.6 Å². The van der Waals surface area contributed by atoms with Crippen molar-refractivity contribution in [2.75, 3.05) is 5.32 Å². The number of rotatable bonds is 5. The molecule has 0 bridgehead atoms. The number of hydrogen-bond acceptors (Lipinski definition) is 2. The van der Waals surface area contributed by atoms with Gasteiger partial charge in [0, 0.05) is 14.9 Å². The molecule has 2 aromatic rings. The lowest BCUT2D eigenvalue weighted by Crippen LogP contribution is -2.35. The number of carbonyl (C=O) groups is 2. The maximum absolute atomic E-state index is 14.2. The van der Waals surface area contributed by atoms with E-state index in [1.807, 2.05) is 0 Å². The predicted octanol–water partition coefficient (Wildman–Crippen LogP) is 6.71. The van der Waals surface area contributed by atoms with E-state index in [1.165, 1.54) is 0 Å². The Morgan fingerprint density at radius 1 is 0.938 bits per heavy atom. The summed E-state index contributed by atoms with van der Waals surface area (Å²) in [4.78, 5) is 22.1. The Balaban J connectivity index is 2.30. The minimum absolute atomic E-state index is 0.162. The van der Waals surface area contributed by atoms with E-state index >= 15 is 0 Å². The molecule has 32 heavy (non-hydrogen) atoms. The highest BCUT2D eigenvalue weighted by Gasteiger charge is 2.63. The van der Waals surface area contributed by atoms with Crippen LogP contribution < -0.4 is 10.6 Å². The molecule has 3 amide bonds. The fourth-order valence-electron chi connectivity index (χ4n) is 2.46. The summed E-state index contributed by atoms with van der Waals surface area (Å²) in [6, 6.07) is 1.92. The van der Waals surface area contributed by atoms with Crippen LogP contribution in [0.5, 0.6) is 0 Å². The Bertz CT molecular complexity index is 1010. The number of imide groups is 1. The molecule has 2 N–H and O–H groups in total. The van der Waals surface area contributed by atoms with Crippen LogP contribution in [-0.4, -0.2) is 29.0 Å². The molecule has 0 saturated heterocycles. The molecule has 0 aromatic heterocycles. The minimum atomic E-state index is -6.10. The smallest absolute Gasteiger partial charge is 0.305 e. The molecule has 0 aliphatic carbocycles. The summed E-state index contributed by atoms with van der Waals surface area (Å²) in [5, 5.41) is 2.85. The van der Waals surface area contributed by atoms with Gasteiger partial charge >= 0.3 is 11.5 Å². The van der Waals surface area contributed by atoms with Gasteiger partial charge in [0.05, 0.1) is 16.3 Å². The van der Waals surface area contributed by atoms with Crippen molar-refractivity contribution in [1.29, 1.82) is 0 Å². The van der Waals surface area contributed by atoms with Crippen LogP contribution in [0.25, 0.3) is 0 Å². The second kappa shape index (κ2) is 9.48. The number of carbonyl (C=O) groups excluding carboxylic acids is 2. The third kappa shape index (κ3) is 4.75. The Hall–Kier alpha value is -2.61. The molecule has 176 valence electrons. The molecule has 0 aliphatic heterocycles. The molecule has 0 spiro atoms. The number of alkyl halides is 7. The SMILES string of the molecule is O=C(NC(=O)c1c(F)cccc1Cl)Nc1ccc(S(C(F)F)(C(F)F)C(F)(F)F)cc1F. The van der Waals surface area contributed by atoms with Crippen molar-refractivity contribution < 1.29 is 49.1 Å². The molecule has 0 unspecified atom stereocenters. The number of benzene rings is 2. The largest absolute Gasteiger partial charge is 0.439 e. The molecule has 0 atom stereocenters. The van der Waals surface area contributed by atoms with E-state index in [9.17, 15) is 49.1 Å². The maximum atomic E-state index is 14.2. The normalized spacial score (nSPS) is 12.8. The third-order valence-corrected chi connectivity index (χ3v) is 7.18. The quantitative estimate of drug-likeness (QED) is 0.438. The van der Waals surface area contributed by atoms with Crippen molar-refractivity contribution in [3.63, 3.8) is 0 Å². The summed E-state index contributed by atoms with van der Waals surface area (Å²) < 4.78 is 120. The standard InChI is InChI=1S/C17H10ClF9N2O2S/c18-8-2-1-3-9(19)12(8)13(30)29-16(31)28-11-5-4-7(6-10(11)20)32(14(21)22,15(23)24)17(25,26)27/h1-6,14-15H,(H2,28,29,30,31). The van der Waals surface area contributed by atoms with Crippen LogP contribution in [-0.2, 0) is 0 Å². The Morgan fingerprint density at radius 3 is 2.00 bits per heavy atom. The summed E-state index contributed by atoms with van der Waals surface area (Å²) in [7, 11) is -6.10. The molecule has 15 heteroatoms. The Kier molecular flexibility index (Phi) is 7.60. The first-order chi connectivity index (χ1) is 14.7. The molecule has 0 radical (unpaired) electrons. The molecule has 0 saturated carbocycles. The molecule has 0 aliphatic rings. The van der Waals surface area contributed by atoms with Gasteiger partial charge in [-0.3, -0.25) is 10.1 Å².